The second-order valence-electron chi connectivity index (χ2n) is 15.6. The van der Waals surface area contributed by atoms with E-state index < -0.39 is 16.1 Å². The average Bonchev–Trinajstić information content (AvgIpc) is 3.15. The lowest BCUT2D eigenvalue weighted by Gasteiger charge is -2.28. The Morgan fingerprint density at radius 2 is 1.54 bits per heavy atom. The van der Waals surface area contributed by atoms with Crippen LogP contribution in [-0.2, 0) is 21.9 Å². The Kier molecular flexibility index (Phi) is 12.4. The Labute approximate surface area is 335 Å². The highest BCUT2D eigenvalue weighted by atomic mass is 32.2. The Morgan fingerprint density at radius 1 is 0.842 bits per heavy atom. The zero-order valence-corrected chi connectivity index (χ0v) is 34.4. The van der Waals surface area contributed by atoms with Crippen LogP contribution in [0.4, 0.5) is 21.9 Å². The van der Waals surface area contributed by atoms with E-state index in [-0.39, 0.29) is 22.6 Å². The molecular formula is C44H51N5O7S. The van der Waals surface area contributed by atoms with Gasteiger partial charge in [-0.1, -0.05) is 51.1 Å². The van der Waals surface area contributed by atoms with Gasteiger partial charge in [-0.3, -0.25) is 14.5 Å². The van der Waals surface area contributed by atoms with E-state index in [0.29, 0.717) is 52.9 Å². The van der Waals surface area contributed by atoms with E-state index in [2.05, 4.69) is 32.3 Å². The van der Waals surface area contributed by atoms with Gasteiger partial charge in [-0.2, -0.15) is 0 Å². The molecule has 0 radical (unpaired) electrons. The molecule has 300 valence electrons. The first-order chi connectivity index (χ1) is 27.1. The molecule has 1 aliphatic rings. The van der Waals surface area contributed by atoms with Gasteiger partial charge in [0.05, 0.1) is 43.1 Å². The molecule has 5 aromatic rings. The summed E-state index contributed by atoms with van der Waals surface area (Å²) in [5, 5.41) is 7.30. The molecule has 4 aromatic carbocycles. The minimum absolute atomic E-state index is 0.111. The van der Waals surface area contributed by atoms with Crippen LogP contribution in [-0.4, -0.2) is 70.7 Å². The molecule has 57 heavy (non-hydrogen) atoms. The van der Waals surface area contributed by atoms with Gasteiger partial charge in [0, 0.05) is 41.6 Å². The molecule has 13 heteroatoms. The number of Topliss-reactive ketones (excluding diaryl/α,β-unsaturated/α-hetero) is 1. The molecule has 2 amide bonds. The number of sulfonamides is 1. The van der Waals surface area contributed by atoms with Crippen molar-refractivity contribution in [2.24, 2.45) is 5.92 Å². The number of pyridine rings is 1. The zero-order valence-electron chi connectivity index (χ0n) is 33.6. The number of carbonyl (C=O) groups excluding carboxylic acids is 2. The predicted octanol–water partition coefficient (Wildman–Crippen LogP) is 8.86. The highest BCUT2D eigenvalue weighted by Gasteiger charge is 2.24. The second kappa shape index (κ2) is 17.2. The Bertz CT molecular complexity index is 2390. The lowest BCUT2D eigenvalue weighted by atomic mass is 9.86. The molecule has 3 N–H and O–H groups in total. The summed E-state index contributed by atoms with van der Waals surface area (Å²) in [6.45, 7) is 8.00. The third-order valence-electron chi connectivity index (χ3n) is 10.1. The number of nitrogens with zero attached hydrogens (tertiary/aromatic N) is 2. The van der Waals surface area contributed by atoms with Crippen molar-refractivity contribution in [2.45, 2.75) is 51.9 Å². The minimum Gasteiger partial charge on any atom is -0.496 e. The fraction of sp³-hybridized carbons (Fsp3) is 0.341. The number of urea groups is 1. The standard InChI is InChI=1S/C44H51N5O7S/c1-44(2,3)30-25-37(42(55-6)38(26-30)48-57(7,52)53)47-43(51)46-36-14-15-40(34-11-9-8-10-33(34)36)56-32-16-19-45-31(27-32)22-29-12-13-35(41(24-29)54-5)39(50)23-28-17-20-49(4)21-18-28/h8-16,19,24-28,48H,17-18,20-23H2,1-7H3,(H2,46,47,51). The van der Waals surface area contributed by atoms with Gasteiger partial charge in [-0.25, -0.2) is 13.2 Å². The maximum atomic E-state index is 13.5. The number of hydrogen-bond donors (Lipinski definition) is 3. The summed E-state index contributed by atoms with van der Waals surface area (Å²) in [7, 11) is 1.49. The van der Waals surface area contributed by atoms with Gasteiger partial charge in [0.1, 0.15) is 17.2 Å². The summed E-state index contributed by atoms with van der Waals surface area (Å²) in [4.78, 5) is 33.6. The number of hydrogen-bond acceptors (Lipinski definition) is 9. The zero-order chi connectivity index (χ0) is 40.9. The number of methoxy groups -OCH3 is 2. The van der Waals surface area contributed by atoms with Gasteiger partial charge in [0.2, 0.25) is 10.0 Å². The molecule has 0 unspecified atom stereocenters. The van der Waals surface area contributed by atoms with Crippen molar-refractivity contribution in [1.29, 1.82) is 0 Å². The molecule has 1 fully saturated rings. The van der Waals surface area contributed by atoms with Crippen molar-refractivity contribution in [3.8, 4) is 23.0 Å². The number of rotatable bonds is 13. The predicted molar refractivity (Wildman–Crippen MR) is 226 cm³/mol. The van der Waals surface area contributed by atoms with E-state index >= 15 is 0 Å². The summed E-state index contributed by atoms with van der Waals surface area (Å²) in [6.07, 6.45) is 5.84. The number of anilines is 3. The Hall–Kier alpha value is -5.66. The Morgan fingerprint density at radius 3 is 2.23 bits per heavy atom. The molecule has 0 spiro atoms. The molecule has 0 atom stereocenters. The van der Waals surface area contributed by atoms with Gasteiger partial charge < -0.3 is 29.7 Å². The van der Waals surface area contributed by atoms with Crippen LogP contribution in [0, 0.1) is 5.92 Å². The molecule has 6 rings (SSSR count). The quantitative estimate of drug-likeness (QED) is 0.0995. The second-order valence-corrected chi connectivity index (χ2v) is 17.4. The van der Waals surface area contributed by atoms with E-state index in [4.69, 9.17) is 14.2 Å². The van der Waals surface area contributed by atoms with Gasteiger partial charge in [-0.05, 0) is 97.9 Å². The highest BCUT2D eigenvalue weighted by molar-refractivity contribution is 7.92. The number of piperidine rings is 1. The number of likely N-dealkylation sites (tertiary alicyclic amines) is 1. The molecule has 1 saturated heterocycles. The first kappa shape index (κ1) is 41.0. The largest absolute Gasteiger partial charge is 0.496 e. The van der Waals surface area contributed by atoms with E-state index in [9.17, 15) is 18.0 Å². The van der Waals surface area contributed by atoms with Crippen LogP contribution in [0.15, 0.2) is 85.1 Å². The monoisotopic (exact) mass is 793 g/mol. The SMILES string of the molecule is COc1cc(Cc2cc(Oc3ccc(NC(=O)Nc4cc(C(C)(C)C)cc(NS(C)(=O)=O)c4OC)c4ccccc34)ccn2)ccc1C(=O)CC1CCN(C)CC1. The number of aromatic nitrogens is 1. The summed E-state index contributed by atoms with van der Waals surface area (Å²) < 4.78 is 44.5. The fourth-order valence-electron chi connectivity index (χ4n) is 7.06. The van der Waals surface area contributed by atoms with E-state index in [0.717, 1.165) is 59.8 Å². The normalized spacial score (nSPS) is 13.9. The van der Waals surface area contributed by atoms with Crippen LogP contribution in [0.25, 0.3) is 10.8 Å². The third-order valence-corrected chi connectivity index (χ3v) is 10.7. The van der Waals surface area contributed by atoms with Gasteiger partial charge in [-0.15, -0.1) is 0 Å². The lowest BCUT2D eigenvalue weighted by molar-refractivity contribution is 0.0933. The van der Waals surface area contributed by atoms with Crippen LogP contribution in [0.5, 0.6) is 23.0 Å². The van der Waals surface area contributed by atoms with Crippen LogP contribution in [0.1, 0.15) is 67.2 Å². The van der Waals surface area contributed by atoms with Crippen LogP contribution >= 0.6 is 0 Å². The van der Waals surface area contributed by atoms with Crippen molar-refractivity contribution < 1.29 is 32.2 Å². The molecule has 2 heterocycles. The van der Waals surface area contributed by atoms with E-state index in [1.165, 1.54) is 7.11 Å². The van der Waals surface area contributed by atoms with Crippen molar-refractivity contribution in [3.63, 3.8) is 0 Å². The number of amides is 2. The van der Waals surface area contributed by atoms with Crippen LogP contribution in [0.3, 0.4) is 0 Å². The number of ether oxygens (including phenoxy) is 3. The minimum atomic E-state index is -3.64. The van der Waals surface area contributed by atoms with Crippen molar-refractivity contribution in [2.75, 3.05) is 56.0 Å². The fourth-order valence-corrected chi connectivity index (χ4v) is 7.61. The molecule has 12 nitrogen and oxygen atoms in total. The number of nitrogens with one attached hydrogen (secondary N) is 3. The van der Waals surface area contributed by atoms with Gasteiger partial charge in [0.15, 0.2) is 11.5 Å². The van der Waals surface area contributed by atoms with Crippen molar-refractivity contribution in [1.82, 2.24) is 9.88 Å². The molecule has 1 aromatic heterocycles. The molecule has 1 aliphatic heterocycles. The van der Waals surface area contributed by atoms with Crippen molar-refractivity contribution >= 4 is 49.7 Å². The number of carbonyl (C=O) groups is 2. The summed E-state index contributed by atoms with van der Waals surface area (Å²) >= 11 is 0. The smallest absolute Gasteiger partial charge is 0.323 e. The highest BCUT2D eigenvalue weighted by Crippen LogP contribution is 2.40. The number of fused-ring (bicyclic) bond motifs is 1. The van der Waals surface area contributed by atoms with Crippen molar-refractivity contribution in [3.05, 3.63) is 107 Å². The van der Waals surface area contributed by atoms with E-state index in [1.54, 1.807) is 43.6 Å². The average molecular weight is 794 g/mol. The maximum Gasteiger partial charge on any atom is 0.323 e. The summed E-state index contributed by atoms with van der Waals surface area (Å²) in [5.41, 5.74) is 3.83. The first-order valence-electron chi connectivity index (χ1n) is 18.9. The summed E-state index contributed by atoms with van der Waals surface area (Å²) in [6, 6.07) is 23.5. The molecule has 0 aliphatic carbocycles. The summed E-state index contributed by atoms with van der Waals surface area (Å²) in [5.74, 6) is 2.42. The Balaban J connectivity index is 1.17. The molecule has 0 saturated carbocycles. The molecule has 0 bridgehead atoms. The van der Waals surface area contributed by atoms with Crippen LogP contribution < -0.4 is 29.6 Å². The third kappa shape index (κ3) is 10.4. The maximum absolute atomic E-state index is 13.5. The first-order valence-corrected chi connectivity index (χ1v) is 20.8. The number of benzene rings is 4. The molecular weight excluding hydrogens is 743 g/mol. The van der Waals surface area contributed by atoms with Crippen LogP contribution in [0.2, 0.25) is 0 Å². The van der Waals surface area contributed by atoms with Gasteiger partial charge in [0.25, 0.3) is 0 Å². The lowest BCUT2D eigenvalue weighted by Crippen LogP contribution is -2.31. The van der Waals surface area contributed by atoms with E-state index in [1.807, 2.05) is 69.3 Å². The topological polar surface area (TPSA) is 148 Å². The van der Waals surface area contributed by atoms with Gasteiger partial charge >= 0.3 is 6.03 Å². The number of ketones is 1.